The van der Waals surface area contributed by atoms with Gasteiger partial charge in [0.25, 0.3) is 5.91 Å². The molecule has 6 nitrogen and oxygen atoms in total. The number of carbonyl (C=O) groups excluding carboxylic acids is 3. The Morgan fingerprint density at radius 2 is 2.00 bits per heavy atom. The molecule has 25 heavy (non-hydrogen) atoms. The van der Waals surface area contributed by atoms with Gasteiger partial charge in [-0.05, 0) is 32.4 Å². The molecular weight excluding hydrogens is 318 g/mol. The molecule has 0 saturated carbocycles. The average molecular weight is 345 g/mol. The molecule has 0 unspecified atom stereocenters. The van der Waals surface area contributed by atoms with Crippen LogP contribution in [0.4, 0.5) is 5.69 Å². The second-order valence-electron chi connectivity index (χ2n) is 6.76. The van der Waals surface area contributed by atoms with Crippen molar-refractivity contribution >= 4 is 23.4 Å². The number of hydrogen-bond donors (Lipinski definition) is 2. The first kappa shape index (κ1) is 19.0. The maximum absolute atomic E-state index is 12.6. The normalized spacial score (nSPS) is 17.0. The Hall–Kier alpha value is -2.37. The predicted octanol–water partition coefficient (Wildman–Crippen LogP) is 2.41. The standard InChI is InChI=1S/C19H27N3O3/c1-4-5-10-22-12-14(11-17(22)23)18(24)21-16-9-7-6-8-15(16)19(25)20-13(2)3/h6-9,13-14H,4-5,10-12H2,1-3H3,(H,20,25)(H,21,24)/t14-/m1/s1. The third kappa shape index (κ3) is 5.05. The van der Waals surface area contributed by atoms with E-state index in [1.165, 1.54) is 0 Å². The van der Waals surface area contributed by atoms with Gasteiger partial charge in [0.1, 0.15) is 0 Å². The number of para-hydroxylation sites is 1. The molecule has 1 aromatic carbocycles. The molecule has 1 fully saturated rings. The SMILES string of the molecule is CCCCN1C[C@H](C(=O)Nc2ccccc2C(=O)NC(C)C)CC1=O. The molecule has 2 rings (SSSR count). The van der Waals surface area contributed by atoms with Gasteiger partial charge in [0.05, 0.1) is 17.2 Å². The molecule has 0 radical (unpaired) electrons. The summed E-state index contributed by atoms with van der Waals surface area (Å²) in [6.07, 6.45) is 2.19. The third-order valence-electron chi connectivity index (χ3n) is 4.22. The van der Waals surface area contributed by atoms with Crippen molar-refractivity contribution in [2.45, 2.75) is 46.1 Å². The lowest BCUT2D eigenvalue weighted by Gasteiger charge is -2.17. The number of nitrogens with zero attached hydrogens (tertiary/aromatic N) is 1. The van der Waals surface area contributed by atoms with Gasteiger partial charge in [-0.3, -0.25) is 14.4 Å². The first-order chi connectivity index (χ1) is 11.9. The Morgan fingerprint density at radius 3 is 2.68 bits per heavy atom. The Morgan fingerprint density at radius 1 is 1.28 bits per heavy atom. The summed E-state index contributed by atoms with van der Waals surface area (Å²) in [6.45, 7) is 6.99. The number of nitrogens with one attached hydrogen (secondary N) is 2. The minimum atomic E-state index is -0.370. The summed E-state index contributed by atoms with van der Waals surface area (Å²) in [4.78, 5) is 38.6. The maximum Gasteiger partial charge on any atom is 0.253 e. The Balaban J connectivity index is 2.04. The Kier molecular flexibility index (Phi) is 6.56. The van der Waals surface area contributed by atoms with Crippen molar-refractivity contribution in [2.24, 2.45) is 5.92 Å². The Bertz CT molecular complexity index is 643. The smallest absolute Gasteiger partial charge is 0.253 e. The van der Waals surface area contributed by atoms with Crippen molar-refractivity contribution in [1.82, 2.24) is 10.2 Å². The highest BCUT2D eigenvalue weighted by atomic mass is 16.2. The highest BCUT2D eigenvalue weighted by Crippen LogP contribution is 2.22. The number of likely N-dealkylation sites (tertiary alicyclic amines) is 1. The summed E-state index contributed by atoms with van der Waals surface area (Å²) < 4.78 is 0. The van der Waals surface area contributed by atoms with Crippen LogP contribution in [0.5, 0.6) is 0 Å². The number of anilines is 1. The molecule has 0 spiro atoms. The van der Waals surface area contributed by atoms with Crippen molar-refractivity contribution in [1.29, 1.82) is 0 Å². The minimum Gasteiger partial charge on any atom is -0.350 e. The molecule has 1 aliphatic heterocycles. The van der Waals surface area contributed by atoms with Gasteiger partial charge in [0.15, 0.2) is 0 Å². The second kappa shape index (κ2) is 8.65. The zero-order valence-electron chi connectivity index (χ0n) is 15.2. The quantitative estimate of drug-likeness (QED) is 0.796. The van der Waals surface area contributed by atoms with E-state index in [1.54, 1.807) is 29.2 Å². The van der Waals surface area contributed by atoms with Crippen molar-refractivity contribution in [3.8, 4) is 0 Å². The summed E-state index contributed by atoms with van der Waals surface area (Å²) in [5, 5.41) is 5.65. The van der Waals surface area contributed by atoms with Crippen molar-refractivity contribution in [3.63, 3.8) is 0 Å². The summed E-state index contributed by atoms with van der Waals surface area (Å²) in [7, 11) is 0. The second-order valence-corrected chi connectivity index (χ2v) is 6.76. The molecule has 136 valence electrons. The molecule has 0 aliphatic carbocycles. The number of hydrogen-bond acceptors (Lipinski definition) is 3. The van der Waals surface area contributed by atoms with E-state index in [2.05, 4.69) is 17.6 Å². The number of benzene rings is 1. The Labute approximate surface area is 149 Å². The number of rotatable bonds is 7. The van der Waals surface area contributed by atoms with Crippen molar-refractivity contribution in [2.75, 3.05) is 18.4 Å². The van der Waals surface area contributed by atoms with E-state index in [9.17, 15) is 14.4 Å². The lowest BCUT2D eigenvalue weighted by molar-refractivity contribution is -0.128. The highest BCUT2D eigenvalue weighted by molar-refractivity contribution is 6.05. The third-order valence-corrected chi connectivity index (χ3v) is 4.22. The number of unbranched alkanes of at least 4 members (excludes halogenated alkanes) is 1. The molecule has 1 heterocycles. The fourth-order valence-electron chi connectivity index (χ4n) is 2.88. The summed E-state index contributed by atoms with van der Waals surface area (Å²) in [6, 6.07) is 6.93. The van der Waals surface area contributed by atoms with Crippen LogP contribution in [0.3, 0.4) is 0 Å². The van der Waals surface area contributed by atoms with Crippen molar-refractivity contribution in [3.05, 3.63) is 29.8 Å². The lowest BCUT2D eigenvalue weighted by Crippen LogP contribution is -2.32. The molecule has 6 heteroatoms. The molecule has 2 N–H and O–H groups in total. The van der Waals surface area contributed by atoms with E-state index >= 15 is 0 Å². The van der Waals surface area contributed by atoms with Crippen LogP contribution >= 0.6 is 0 Å². The van der Waals surface area contributed by atoms with E-state index in [-0.39, 0.29) is 36.1 Å². The van der Waals surface area contributed by atoms with Crippen molar-refractivity contribution < 1.29 is 14.4 Å². The van der Waals surface area contributed by atoms with Crippen LogP contribution in [0.1, 0.15) is 50.4 Å². The summed E-state index contributed by atoms with van der Waals surface area (Å²) in [5.74, 6) is -0.778. The van der Waals surface area contributed by atoms with Gasteiger partial charge in [0, 0.05) is 25.6 Å². The van der Waals surface area contributed by atoms with Gasteiger partial charge in [-0.25, -0.2) is 0 Å². The number of amides is 3. The molecule has 1 saturated heterocycles. The first-order valence-electron chi connectivity index (χ1n) is 8.90. The van der Waals surface area contributed by atoms with Crippen LogP contribution < -0.4 is 10.6 Å². The fourth-order valence-corrected chi connectivity index (χ4v) is 2.88. The van der Waals surface area contributed by atoms with E-state index in [0.29, 0.717) is 24.3 Å². The van der Waals surface area contributed by atoms with Gasteiger partial charge in [-0.2, -0.15) is 0 Å². The number of carbonyl (C=O) groups is 3. The van der Waals surface area contributed by atoms with Crippen LogP contribution in [-0.4, -0.2) is 41.8 Å². The van der Waals surface area contributed by atoms with E-state index in [4.69, 9.17) is 0 Å². The zero-order valence-corrected chi connectivity index (χ0v) is 15.2. The predicted molar refractivity (Wildman–Crippen MR) is 97.3 cm³/mol. The van der Waals surface area contributed by atoms with E-state index in [1.807, 2.05) is 13.8 Å². The topological polar surface area (TPSA) is 78.5 Å². The molecule has 0 bridgehead atoms. The minimum absolute atomic E-state index is 0.0100. The largest absolute Gasteiger partial charge is 0.350 e. The molecule has 3 amide bonds. The van der Waals surface area contributed by atoms with Gasteiger partial charge in [0.2, 0.25) is 11.8 Å². The van der Waals surface area contributed by atoms with E-state index < -0.39 is 0 Å². The van der Waals surface area contributed by atoms with Crippen LogP contribution in [0, 0.1) is 5.92 Å². The molecule has 1 aliphatic rings. The summed E-state index contributed by atoms with van der Waals surface area (Å²) >= 11 is 0. The van der Waals surface area contributed by atoms with Gasteiger partial charge >= 0.3 is 0 Å². The van der Waals surface area contributed by atoms with Gasteiger partial charge in [-0.1, -0.05) is 25.5 Å². The molecule has 0 aromatic heterocycles. The van der Waals surface area contributed by atoms with Crippen LogP contribution in [0.15, 0.2) is 24.3 Å². The molecule has 1 aromatic rings. The first-order valence-corrected chi connectivity index (χ1v) is 8.90. The lowest BCUT2D eigenvalue weighted by atomic mass is 10.1. The van der Waals surface area contributed by atoms with Gasteiger partial charge < -0.3 is 15.5 Å². The van der Waals surface area contributed by atoms with Crippen LogP contribution in [-0.2, 0) is 9.59 Å². The maximum atomic E-state index is 12.6. The molecular formula is C19H27N3O3. The molecule has 1 atom stereocenters. The fraction of sp³-hybridized carbons (Fsp3) is 0.526. The summed E-state index contributed by atoms with van der Waals surface area (Å²) in [5.41, 5.74) is 0.904. The highest BCUT2D eigenvalue weighted by Gasteiger charge is 2.34. The average Bonchev–Trinajstić information content (AvgIpc) is 2.93. The van der Waals surface area contributed by atoms with Crippen LogP contribution in [0.25, 0.3) is 0 Å². The zero-order chi connectivity index (χ0) is 18.4. The monoisotopic (exact) mass is 345 g/mol. The van der Waals surface area contributed by atoms with E-state index in [0.717, 1.165) is 12.8 Å². The van der Waals surface area contributed by atoms with Crippen LogP contribution in [0.2, 0.25) is 0 Å². The van der Waals surface area contributed by atoms with Gasteiger partial charge in [-0.15, -0.1) is 0 Å².